The van der Waals surface area contributed by atoms with E-state index >= 15 is 0 Å². The topological polar surface area (TPSA) is 52.7 Å². The van der Waals surface area contributed by atoms with Crippen LogP contribution in [0.4, 0.5) is 13.2 Å². The van der Waals surface area contributed by atoms with Crippen LogP contribution < -0.4 is 5.32 Å². The van der Waals surface area contributed by atoms with Gasteiger partial charge in [-0.1, -0.05) is 17.7 Å². The molecule has 1 aromatic rings. The molecule has 0 atom stereocenters. The number of nitrogens with one attached hydrogen (secondary N) is 1. The van der Waals surface area contributed by atoms with Crippen molar-refractivity contribution in [3.8, 4) is 0 Å². The summed E-state index contributed by atoms with van der Waals surface area (Å²) in [6, 6.07) is 3.57. The average Bonchev–Trinajstić information content (AvgIpc) is 2.59. The van der Waals surface area contributed by atoms with Crippen molar-refractivity contribution in [2.45, 2.75) is 26.1 Å². The smallest absolute Gasteiger partial charge is 0.353 e. The standard InChI is InChI=1S/C19H23ClF3N3O2/c1-13(2)24-17(27)12-25-7-9-26(10-8-25)18(28)6-4-14-3-5-16(20)15(11-14)19(21,22)23/h3-6,11,13H,7-10,12H2,1-2H3,(H,24,27)/b6-4+. The fraction of sp³-hybridized carbons (Fsp3) is 0.474. The van der Waals surface area contributed by atoms with Crippen molar-refractivity contribution in [2.24, 2.45) is 0 Å². The largest absolute Gasteiger partial charge is 0.417 e. The molecule has 0 saturated carbocycles. The third-order valence-corrected chi connectivity index (χ3v) is 4.54. The Hall–Kier alpha value is -2.06. The Balaban J connectivity index is 1.90. The first-order valence-electron chi connectivity index (χ1n) is 8.91. The molecule has 2 amide bonds. The zero-order chi connectivity index (χ0) is 20.9. The molecule has 1 aromatic carbocycles. The highest BCUT2D eigenvalue weighted by atomic mass is 35.5. The Labute approximate surface area is 167 Å². The van der Waals surface area contributed by atoms with Gasteiger partial charge in [-0.15, -0.1) is 0 Å². The molecule has 1 N–H and O–H groups in total. The summed E-state index contributed by atoms with van der Waals surface area (Å²) in [6.45, 7) is 6.08. The zero-order valence-electron chi connectivity index (χ0n) is 15.7. The zero-order valence-corrected chi connectivity index (χ0v) is 16.5. The predicted octanol–water partition coefficient (Wildman–Crippen LogP) is 3.04. The molecular weight excluding hydrogens is 395 g/mol. The molecule has 1 fully saturated rings. The Morgan fingerprint density at radius 2 is 1.86 bits per heavy atom. The molecule has 0 bridgehead atoms. The van der Waals surface area contributed by atoms with E-state index in [4.69, 9.17) is 11.6 Å². The maximum atomic E-state index is 12.9. The summed E-state index contributed by atoms with van der Waals surface area (Å²) in [4.78, 5) is 27.6. The van der Waals surface area contributed by atoms with E-state index in [-0.39, 0.29) is 35.0 Å². The van der Waals surface area contributed by atoms with Crippen LogP contribution in [0.1, 0.15) is 25.0 Å². The lowest BCUT2D eigenvalue weighted by molar-refractivity contribution is -0.137. The van der Waals surface area contributed by atoms with E-state index in [1.165, 1.54) is 18.2 Å². The van der Waals surface area contributed by atoms with Gasteiger partial charge in [-0.3, -0.25) is 14.5 Å². The van der Waals surface area contributed by atoms with Crippen LogP contribution in [0.5, 0.6) is 0 Å². The van der Waals surface area contributed by atoms with E-state index in [9.17, 15) is 22.8 Å². The van der Waals surface area contributed by atoms with Crippen LogP contribution >= 0.6 is 11.6 Å². The second kappa shape index (κ2) is 9.43. The molecule has 0 radical (unpaired) electrons. The Bertz CT molecular complexity index is 742. The number of hydrogen-bond acceptors (Lipinski definition) is 3. The number of hydrogen-bond donors (Lipinski definition) is 1. The van der Waals surface area contributed by atoms with Crippen molar-refractivity contribution in [2.75, 3.05) is 32.7 Å². The van der Waals surface area contributed by atoms with E-state index in [0.717, 1.165) is 12.1 Å². The minimum atomic E-state index is -4.55. The van der Waals surface area contributed by atoms with Crippen molar-refractivity contribution in [1.82, 2.24) is 15.1 Å². The summed E-state index contributed by atoms with van der Waals surface area (Å²) in [7, 11) is 0. The van der Waals surface area contributed by atoms with Gasteiger partial charge in [0.05, 0.1) is 17.1 Å². The van der Waals surface area contributed by atoms with Crippen LogP contribution in [-0.2, 0) is 15.8 Å². The summed E-state index contributed by atoms with van der Waals surface area (Å²) in [5, 5.41) is 2.44. The van der Waals surface area contributed by atoms with Gasteiger partial charge in [0.2, 0.25) is 11.8 Å². The number of benzene rings is 1. The number of rotatable bonds is 5. The van der Waals surface area contributed by atoms with Crippen molar-refractivity contribution < 1.29 is 22.8 Å². The molecule has 0 unspecified atom stereocenters. The van der Waals surface area contributed by atoms with Crippen LogP contribution in [0.2, 0.25) is 5.02 Å². The van der Waals surface area contributed by atoms with E-state index in [0.29, 0.717) is 26.2 Å². The van der Waals surface area contributed by atoms with E-state index in [2.05, 4.69) is 5.32 Å². The summed E-state index contributed by atoms with van der Waals surface area (Å²) < 4.78 is 38.7. The number of piperazine rings is 1. The maximum Gasteiger partial charge on any atom is 0.417 e. The van der Waals surface area contributed by atoms with Crippen molar-refractivity contribution in [3.63, 3.8) is 0 Å². The molecule has 0 spiro atoms. The number of amides is 2. The number of carbonyl (C=O) groups is 2. The highest BCUT2D eigenvalue weighted by Crippen LogP contribution is 2.35. The lowest BCUT2D eigenvalue weighted by Crippen LogP contribution is -2.51. The van der Waals surface area contributed by atoms with Crippen LogP contribution in [0, 0.1) is 0 Å². The quantitative estimate of drug-likeness (QED) is 0.749. The average molecular weight is 418 g/mol. The maximum absolute atomic E-state index is 12.9. The van der Waals surface area contributed by atoms with Crippen LogP contribution in [0.25, 0.3) is 6.08 Å². The second-order valence-electron chi connectivity index (χ2n) is 6.89. The van der Waals surface area contributed by atoms with E-state index in [1.807, 2.05) is 18.7 Å². The molecule has 1 aliphatic heterocycles. The van der Waals surface area contributed by atoms with E-state index < -0.39 is 11.7 Å². The first kappa shape index (κ1) is 22.2. The number of nitrogens with zero attached hydrogens (tertiary/aromatic N) is 2. The van der Waals surface area contributed by atoms with Crippen LogP contribution in [0.15, 0.2) is 24.3 Å². The fourth-order valence-corrected chi connectivity index (χ4v) is 3.06. The minimum Gasteiger partial charge on any atom is -0.353 e. The van der Waals surface area contributed by atoms with Gasteiger partial charge in [-0.2, -0.15) is 13.2 Å². The summed E-state index contributed by atoms with van der Waals surface area (Å²) in [6.07, 6.45) is -1.95. The van der Waals surface area contributed by atoms with Crippen molar-refractivity contribution in [1.29, 1.82) is 0 Å². The van der Waals surface area contributed by atoms with Gasteiger partial charge in [-0.25, -0.2) is 0 Å². The van der Waals surface area contributed by atoms with Gasteiger partial charge < -0.3 is 10.2 Å². The molecule has 0 aliphatic carbocycles. The van der Waals surface area contributed by atoms with Gasteiger partial charge in [-0.05, 0) is 37.6 Å². The fourth-order valence-electron chi connectivity index (χ4n) is 2.83. The van der Waals surface area contributed by atoms with Crippen LogP contribution in [0.3, 0.4) is 0 Å². The first-order chi connectivity index (χ1) is 13.1. The molecule has 154 valence electrons. The Kier molecular flexibility index (Phi) is 7.48. The highest BCUT2D eigenvalue weighted by molar-refractivity contribution is 6.31. The van der Waals surface area contributed by atoms with Crippen molar-refractivity contribution in [3.05, 3.63) is 40.4 Å². The summed E-state index contributed by atoms with van der Waals surface area (Å²) in [5.74, 6) is -0.340. The van der Waals surface area contributed by atoms with Crippen LogP contribution in [-0.4, -0.2) is 60.4 Å². The lowest BCUT2D eigenvalue weighted by Gasteiger charge is -2.33. The summed E-state index contributed by atoms with van der Waals surface area (Å²) in [5.41, 5.74) is -0.689. The SMILES string of the molecule is CC(C)NC(=O)CN1CCN(C(=O)/C=C/c2ccc(Cl)c(C(F)(F)F)c2)CC1. The van der Waals surface area contributed by atoms with Gasteiger partial charge in [0.15, 0.2) is 0 Å². The molecular formula is C19H23ClF3N3O2. The Morgan fingerprint density at radius 3 is 2.43 bits per heavy atom. The molecule has 5 nitrogen and oxygen atoms in total. The normalized spacial score (nSPS) is 16.0. The number of carbonyl (C=O) groups excluding carboxylic acids is 2. The third kappa shape index (κ3) is 6.53. The minimum absolute atomic E-state index is 0.0575. The van der Waals surface area contributed by atoms with Gasteiger partial charge in [0, 0.05) is 38.3 Å². The predicted molar refractivity (Wildman–Crippen MR) is 102 cm³/mol. The summed E-state index contributed by atoms with van der Waals surface area (Å²) >= 11 is 5.59. The molecule has 1 heterocycles. The third-order valence-electron chi connectivity index (χ3n) is 4.22. The number of alkyl halides is 3. The second-order valence-corrected chi connectivity index (χ2v) is 7.30. The molecule has 1 saturated heterocycles. The monoisotopic (exact) mass is 417 g/mol. The molecule has 1 aliphatic rings. The lowest BCUT2D eigenvalue weighted by atomic mass is 10.1. The van der Waals surface area contributed by atoms with E-state index in [1.54, 1.807) is 4.90 Å². The molecule has 9 heteroatoms. The highest BCUT2D eigenvalue weighted by Gasteiger charge is 2.33. The first-order valence-corrected chi connectivity index (χ1v) is 9.29. The molecule has 2 rings (SSSR count). The number of halogens is 4. The van der Waals surface area contributed by atoms with Gasteiger partial charge >= 0.3 is 6.18 Å². The molecule has 28 heavy (non-hydrogen) atoms. The Morgan fingerprint density at radius 1 is 1.21 bits per heavy atom. The van der Waals surface area contributed by atoms with Gasteiger partial charge in [0.25, 0.3) is 0 Å². The van der Waals surface area contributed by atoms with Gasteiger partial charge in [0.1, 0.15) is 0 Å². The van der Waals surface area contributed by atoms with Crippen molar-refractivity contribution >= 4 is 29.5 Å². The molecule has 0 aromatic heterocycles.